The predicted octanol–water partition coefficient (Wildman–Crippen LogP) is 4.09. The summed E-state index contributed by atoms with van der Waals surface area (Å²) in [5.41, 5.74) is 7.70. The number of nitrogens with two attached hydrogens (primary N) is 1. The van der Waals surface area contributed by atoms with Gasteiger partial charge in [-0.3, -0.25) is 4.68 Å². The normalized spacial score (nSPS) is 13.0. The number of phenolic OH excluding ortho intramolecular Hbond substituents is 1. The second-order valence-electron chi connectivity index (χ2n) is 7.45. The van der Waals surface area contributed by atoms with Gasteiger partial charge in [0.25, 0.3) is 0 Å². The van der Waals surface area contributed by atoms with Crippen LogP contribution in [0.15, 0.2) is 36.4 Å². The van der Waals surface area contributed by atoms with E-state index >= 15 is 0 Å². The quantitative estimate of drug-likeness (QED) is 0.565. The lowest BCUT2D eigenvalue weighted by molar-refractivity contribution is -0.137. The maximum atomic E-state index is 13.1. The smallest absolute Gasteiger partial charge is 0.416 e. The highest BCUT2D eigenvalue weighted by Crippen LogP contribution is 2.42. The summed E-state index contributed by atoms with van der Waals surface area (Å²) in [5.74, 6) is -1.23. The van der Waals surface area contributed by atoms with Crippen LogP contribution in [0.1, 0.15) is 33.6 Å². The number of hydrogen-bond donors (Lipinski definition) is 3. The van der Waals surface area contributed by atoms with Gasteiger partial charge in [0.1, 0.15) is 11.4 Å². The van der Waals surface area contributed by atoms with Crippen LogP contribution in [0, 0.1) is 0 Å². The number of alkyl halides is 3. The van der Waals surface area contributed by atoms with Crippen molar-refractivity contribution in [2.24, 2.45) is 5.73 Å². The van der Waals surface area contributed by atoms with Gasteiger partial charge in [-0.1, -0.05) is 12.1 Å². The maximum Gasteiger partial charge on any atom is 0.416 e. The van der Waals surface area contributed by atoms with Crippen molar-refractivity contribution in [3.63, 3.8) is 0 Å². The van der Waals surface area contributed by atoms with E-state index in [1.165, 1.54) is 22.9 Å². The number of aromatic nitrogens is 2. The monoisotopic (exact) mass is 431 g/mol. The van der Waals surface area contributed by atoms with Crippen LogP contribution < -0.4 is 5.73 Å². The molecule has 0 spiro atoms. The minimum atomic E-state index is -4.51. The van der Waals surface area contributed by atoms with Gasteiger partial charge >= 0.3 is 12.1 Å². The number of carboxylic acid groups (broad SMARTS) is 1. The van der Waals surface area contributed by atoms with Crippen molar-refractivity contribution >= 4 is 5.97 Å². The molecule has 0 fully saturated rings. The average Bonchev–Trinajstić information content (AvgIpc) is 3.10. The van der Waals surface area contributed by atoms with E-state index in [2.05, 4.69) is 5.10 Å². The number of fused-ring (bicyclic) bond motifs is 3. The Kier molecular flexibility index (Phi) is 5.22. The number of carbonyl (C=O) groups is 1. The van der Waals surface area contributed by atoms with Gasteiger partial charge in [-0.15, -0.1) is 0 Å². The molecule has 31 heavy (non-hydrogen) atoms. The molecule has 2 aromatic carbocycles. The van der Waals surface area contributed by atoms with E-state index in [1.54, 1.807) is 6.07 Å². The Morgan fingerprint density at radius 2 is 1.94 bits per heavy atom. The predicted molar refractivity (Wildman–Crippen MR) is 108 cm³/mol. The third-order valence-corrected chi connectivity index (χ3v) is 5.45. The highest BCUT2D eigenvalue weighted by molar-refractivity contribution is 5.91. The molecule has 0 amide bonds. The Morgan fingerprint density at radius 3 is 2.61 bits per heavy atom. The third-order valence-electron chi connectivity index (χ3n) is 5.45. The first-order chi connectivity index (χ1) is 14.7. The molecule has 6 nitrogen and oxygen atoms in total. The van der Waals surface area contributed by atoms with Crippen molar-refractivity contribution in [1.82, 2.24) is 9.78 Å². The highest BCUT2D eigenvalue weighted by atomic mass is 19.4. The fraction of sp³-hybridized carbons (Fsp3) is 0.273. The van der Waals surface area contributed by atoms with Crippen LogP contribution in [0.3, 0.4) is 0 Å². The van der Waals surface area contributed by atoms with E-state index in [4.69, 9.17) is 5.73 Å². The van der Waals surface area contributed by atoms with Crippen molar-refractivity contribution in [3.05, 3.63) is 58.8 Å². The van der Waals surface area contributed by atoms with Gasteiger partial charge < -0.3 is 15.9 Å². The Hall–Kier alpha value is -3.33. The number of aromatic hydroxyl groups is 1. The van der Waals surface area contributed by atoms with Crippen LogP contribution in [0.5, 0.6) is 5.75 Å². The van der Waals surface area contributed by atoms with Gasteiger partial charge in [0.2, 0.25) is 0 Å². The standard InChI is InChI=1S/C22H20F3N3O3/c23-22(24,25)14-4-1-3-12(9-14)16-11-17-13(10-18(16)29)5-6-15-19(17)27-28(8-2-7-26)20(15)21(30)31/h1,3-4,9-11,29H,2,5-8,26H2,(H,30,31). The van der Waals surface area contributed by atoms with E-state index in [1.807, 2.05) is 0 Å². The van der Waals surface area contributed by atoms with Crippen molar-refractivity contribution in [2.75, 3.05) is 6.54 Å². The lowest BCUT2D eigenvalue weighted by Crippen LogP contribution is -2.14. The van der Waals surface area contributed by atoms with Crippen molar-refractivity contribution in [3.8, 4) is 28.1 Å². The average molecular weight is 431 g/mol. The Bertz CT molecular complexity index is 1170. The van der Waals surface area contributed by atoms with Gasteiger partial charge in [0, 0.05) is 23.2 Å². The Morgan fingerprint density at radius 1 is 1.16 bits per heavy atom. The first-order valence-corrected chi connectivity index (χ1v) is 9.77. The molecule has 0 saturated heterocycles. The zero-order valence-corrected chi connectivity index (χ0v) is 16.4. The van der Waals surface area contributed by atoms with E-state index in [0.29, 0.717) is 49.2 Å². The molecular formula is C22H20F3N3O3. The molecule has 0 unspecified atom stereocenters. The first-order valence-electron chi connectivity index (χ1n) is 9.77. The van der Waals surface area contributed by atoms with Gasteiger partial charge in [0.15, 0.2) is 0 Å². The minimum absolute atomic E-state index is 0.0998. The topological polar surface area (TPSA) is 101 Å². The van der Waals surface area contributed by atoms with Gasteiger partial charge in [-0.2, -0.15) is 18.3 Å². The summed E-state index contributed by atoms with van der Waals surface area (Å²) in [6.45, 7) is 0.729. The number of halogens is 3. The molecular weight excluding hydrogens is 411 g/mol. The van der Waals surface area contributed by atoms with Crippen LogP contribution in [0.4, 0.5) is 13.2 Å². The number of nitrogens with zero attached hydrogens (tertiary/aromatic N) is 2. The fourth-order valence-electron chi connectivity index (χ4n) is 4.01. The molecule has 1 aliphatic rings. The summed E-state index contributed by atoms with van der Waals surface area (Å²) in [7, 11) is 0. The van der Waals surface area contributed by atoms with Crippen LogP contribution in [0.25, 0.3) is 22.4 Å². The van der Waals surface area contributed by atoms with Gasteiger partial charge in [0.05, 0.1) is 11.3 Å². The molecule has 1 heterocycles. The zero-order valence-electron chi connectivity index (χ0n) is 16.4. The van der Waals surface area contributed by atoms with Crippen LogP contribution in [-0.4, -0.2) is 32.5 Å². The van der Waals surface area contributed by atoms with Crippen molar-refractivity contribution in [2.45, 2.75) is 32.0 Å². The van der Waals surface area contributed by atoms with E-state index in [-0.39, 0.29) is 22.6 Å². The molecule has 4 N–H and O–H groups in total. The van der Waals surface area contributed by atoms with E-state index < -0.39 is 17.7 Å². The van der Waals surface area contributed by atoms with Gasteiger partial charge in [-0.25, -0.2) is 4.79 Å². The SMILES string of the molecule is NCCCn1nc2c(c1C(=O)O)CCc1cc(O)c(-c3cccc(C(F)(F)F)c3)cc1-2. The number of hydrogen-bond acceptors (Lipinski definition) is 4. The number of rotatable bonds is 5. The zero-order chi connectivity index (χ0) is 22.3. The molecule has 0 atom stereocenters. The van der Waals surface area contributed by atoms with Crippen LogP contribution >= 0.6 is 0 Å². The first kappa shape index (κ1) is 20.9. The molecule has 0 bridgehead atoms. The third kappa shape index (κ3) is 3.76. The summed E-state index contributed by atoms with van der Waals surface area (Å²) in [6, 6.07) is 7.83. The second kappa shape index (κ2) is 7.73. The molecule has 4 rings (SSSR count). The summed E-state index contributed by atoms with van der Waals surface area (Å²) < 4.78 is 40.8. The largest absolute Gasteiger partial charge is 0.507 e. The summed E-state index contributed by atoms with van der Waals surface area (Å²) in [4.78, 5) is 11.9. The fourth-order valence-corrected chi connectivity index (χ4v) is 4.01. The highest BCUT2D eigenvalue weighted by Gasteiger charge is 2.32. The molecule has 3 aromatic rings. The van der Waals surface area contributed by atoms with Crippen molar-refractivity contribution in [1.29, 1.82) is 0 Å². The second-order valence-corrected chi connectivity index (χ2v) is 7.45. The summed E-state index contributed by atoms with van der Waals surface area (Å²) >= 11 is 0. The molecule has 162 valence electrons. The van der Waals surface area contributed by atoms with Gasteiger partial charge in [-0.05, 0) is 61.2 Å². The number of aromatic carboxylic acids is 1. The van der Waals surface area contributed by atoms with Crippen LogP contribution in [-0.2, 0) is 25.6 Å². The molecule has 0 saturated carbocycles. The van der Waals surface area contributed by atoms with Crippen LogP contribution in [0.2, 0.25) is 0 Å². The lowest BCUT2D eigenvalue weighted by atomic mass is 9.86. The molecule has 9 heteroatoms. The Balaban J connectivity index is 1.86. The minimum Gasteiger partial charge on any atom is -0.507 e. The van der Waals surface area contributed by atoms with E-state index in [9.17, 15) is 28.2 Å². The Labute approximate surface area is 175 Å². The molecule has 1 aromatic heterocycles. The number of benzene rings is 2. The maximum absolute atomic E-state index is 13.1. The number of phenols is 1. The lowest BCUT2D eigenvalue weighted by Gasteiger charge is -2.18. The molecule has 1 aliphatic carbocycles. The van der Waals surface area contributed by atoms with E-state index in [0.717, 1.165) is 17.7 Å². The summed E-state index contributed by atoms with van der Waals surface area (Å²) in [5, 5.41) is 24.7. The van der Waals surface area contributed by atoms with Crippen molar-refractivity contribution < 1.29 is 28.2 Å². The molecule has 0 aliphatic heterocycles. The molecule has 0 radical (unpaired) electrons. The summed E-state index contributed by atoms with van der Waals surface area (Å²) in [6.07, 6.45) is -3.03. The number of carboxylic acids is 1. The number of aryl methyl sites for hydroxylation is 2.